The van der Waals surface area contributed by atoms with Gasteiger partial charge in [-0.25, -0.2) is 0 Å². The molecule has 0 aliphatic carbocycles. The fourth-order valence-electron chi connectivity index (χ4n) is 2.79. The third kappa shape index (κ3) is 3.77. The van der Waals surface area contributed by atoms with E-state index in [9.17, 15) is 4.79 Å². The van der Waals surface area contributed by atoms with E-state index in [2.05, 4.69) is 24.3 Å². The van der Waals surface area contributed by atoms with E-state index in [0.29, 0.717) is 12.1 Å². The molecule has 1 aromatic carbocycles. The van der Waals surface area contributed by atoms with Crippen LogP contribution in [0.4, 0.5) is 0 Å². The van der Waals surface area contributed by atoms with Gasteiger partial charge in [-0.1, -0.05) is 30.3 Å². The van der Waals surface area contributed by atoms with Crippen molar-refractivity contribution >= 4 is 5.91 Å². The summed E-state index contributed by atoms with van der Waals surface area (Å²) >= 11 is 0. The van der Waals surface area contributed by atoms with Crippen molar-refractivity contribution in [3.05, 3.63) is 60.1 Å². The molecule has 1 amide bonds. The first-order valence-electron chi connectivity index (χ1n) is 7.80. The summed E-state index contributed by atoms with van der Waals surface area (Å²) < 4.78 is 10.9. The molecule has 0 bridgehead atoms. The highest BCUT2D eigenvalue weighted by atomic mass is 16.5. The minimum atomic E-state index is 0.0316. The van der Waals surface area contributed by atoms with E-state index >= 15 is 0 Å². The average Bonchev–Trinajstić information content (AvgIpc) is 3.24. The molecule has 1 aliphatic heterocycles. The second kappa shape index (κ2) is 7.27. The van der Waals surface area contributed by atoms with E-state index in [1.54, 1.807) is 6.07 Å². The quantitative estimate of drug-likeness (QED) is 0.770. The lowest BCUT2D eigenvalue weighted by molar-refractivity contribution is 0.0524. The minimum Gasteiger partial charge on any atom is -0.472 e. The van der Waals surface area contributed by atoms with Gasteiger partial charge in [0.1, 0.15) is 6.26 Å². The monoisotopic (exact) mass is 299 g/mol. The van der Waals surface area contributed by atoms with Gasteiger partial charge in [0.15, 0.2) is 0 Å². The van der Waals surface area contributed by atoms with Crippen LogP contribution >= 0.6 is 0 Å². The van der Waals surface area contributed by atoms with Gasteiger partial charge in [-0.05, 0) is 30.9 Å². The summed E-state index contributed by atoms with van der Waals surface area (Å²) in [4.78, 5) is 14.0. The van der Waals surface area contributed by atoms with Crippen molar-refractivity contribution in [1.29, 1.82) is 0 Å². The maximum atomic E-state index is 12.2. The molecule has 4 heteroatoms. The zero-order valence-corrected chi connectivity index (χ0v) is 12.6. The maximum absolute atomic E-state index is 12.2. The van der Waals surface area contributed by atoms with Crippen LogP contribution in [0.1, 0.15) is 28.8 Å². The molecule has 0 radical (unpaired) electrons. The van der Waals surface area contributed by atoms with Gasteiger partial charge in [0.05, 0.1) is 17.9 Å². The summed E-state index contributed by atoms with van der Waals surface area (Å²) in [5, 5.41) is 0. The van der Waals surface area contributed by atoms with Crippen molar-refractivity contribution in [1.82, 2.24) is 4.90 Å². The Hall–Kier alpha value is -2.07. The number of likely N-dealkylation sites (tertiary alicyclic amines) is 1. The number of furan rings is 1. The molecule has 0 N–H and O–H groups in total. The zero-order chi connectivity index (χ0) is 15.2. The third-order valence-electron chi connectivity index (χ3n) is 4.01. The van der Waals surface area contributed by atoms with Crippen LogP contribution in [0, 0.1) is 0 Å². The summed E-state index contributed by atoms with van der Waals surface area (Å²) in [5.74, 6) is 0.0316. The highest BCUT2D eigenvalue weighted by Crippen LogP contribution is 2.16. The number of carbonyl (C=O) groups is 1. The molecule has 1 fully saturated rings. The number of amides is 1. The highest BCUT2D eigenvalue weighted by Gasteiger charge is 2.27. The van der Waals surface area contributed by atoms with Gasteiger partial charge < -0.3 is 14.1 Å². The van der Waals surface area contributed by atoms with E-state index in [0.717, 1.165) is 32.4 Å². The Balaban J connectivity index is 1.37. The summed E-state index contributed by atoms with van der Waals surface area (Å²) in [5.41, 5.74) is 1.96. The molecule has 1 saturated heterocycles. The topological polar surface area (TPSA) is 42.7 Å². The van der Waals surface area contributed by atoms with Crippen molar-refractivity contribution in [2.75, 3.05) is 19.7 Å². The molecule has 0 unspecified atom stereocenters. The van der Waals surface area contributed by atoms with Crippen LogP contribution in [0.25, 0.3) is 0 Å². The number of rotatable bonds is 6. The molecule has 2 aromatic rings. The molecular formula is C18H21NO3. The number of ether oxygens (including phenoxy) is 1. The molecule has 1 atom stereocenters. The van der Waals surface area contributed by atoms with E-state index in [4.69, 9.17) is 9.15 Å². The van der Waals surface area contributed by atoms with E-state index in [1.165, 1.54) is 18.1 Å². The summed E-state index contributed by atoms with van der Waals surface area (Å²) in [6.07, 6.45) is 6.14. The molecule has 4 nitrogen and oxygen atoms in total. The second-order valence-corrected chi connectivity index (χ2v) is 5.63. The van der Waals surface area contributed by atoms with Crippen LogP contribution in [0.2, 0.25) is 0 Å². The highest BCUT2D eigenvalue weighted by molar-refractivity contribution is 5.94. The fraction of sp³-hybridized carbons (Fsp3) is 0.389. The first-order valence-corrected chi connectivity index (χ1v) is 7.80. The van der Waals surface area contributed by atoms with Crippen LogP contribution in [0.3, 0.4) is 0 Å². The third-order valence-corrected chi connectivity index (χ3v) is 4.01. The van der Waals surface area contributed by atoms with Crippen LogP contribution in [0.15, 0.2) is 53.3 Å². The van der Waals surface area contributed by atoms with Gasteiger partial charge >= 0.3 is 0 Å². The van der Waals surface area contributed by atoms with Gasteiger partial charge in [0.2, 0.25) is 0 Å². The maximum Gasteiger partial charge on any atom is 0.257 e. The van der Waals surface area contributed by atoms with Crippen molar-refractivity contribution < 1.29 is 13.9 Å². The molecular weight excluding hydrogens is 278 g/mol. The number of aryl methyl sites for hydroxylation is 1. The smallest absolute Gasteiger partial charge is 0.257 e. The van der Waals surface area contributed by atoms with Crippen LogP contribution < -0.4 is 0 Å². The van der Waals surface area contributed by atoms with Gasteiger partial charge in [-0.2, -0.15) is 0 Å². The SMILES string of the molecule is O=C(c1ccoc1)N1CC[C@H](OCCCc2ccccc2)C1. The Bertz CT molecular complexity index is 580. The Labute approximate surface area is 130 Å². The lowest BCUT2D eigenvalue weighted by atomic mass is 10.1. The molecule has 3 rings (SSSR count). The van der Waals surface area contributed by atoms with E-state index in [1.807, 2.05) is 11.0 Å². The number of nitrogens with zero attached hydrogens (tertiary/aromatic N) is 1. The summed E-state index contributed by atoms with van der Waals surface area (Å²) in [6.45, 7) is 2.18. The minimum absolute atomic E-state index is 0.0316. The molecule has 1 aromatic heterocycles. The molecule has 0 saturated carbocycles. The lowest BCUT2D eigenvalue weighted by Gasteiger charge is -2.15. The Kier molecular flexibility index (Phi) is 4.91. The van der Waals surface area contributed by atoms with Gasteiger partial charge in [-0.3, -0.25) is 4.79 Å². The molecule has 116 valence electrons. The first kappa shape index (κ1) is 14.9. The van der Waals surface area contributed by atoms with Crippen LogP contribution in [-0.4, -0.2) is 36.6 Å². The largest absolute Gasteiger partial charge is 0.472 e. The fourth-order valence-corrected chi connectivity index (χ4v) is 2.79. The Morgan fingerprint density at radius 2 is 2.14 bits per heavy atom. The number of carbonyl (C=O) groups excluding carboxylic acids is 1. The molecule has 1 aliphatic rings. The Morgan fingerprint density at radius 3 is 2.91 bits per heavy atom. The first-order chi connectivity index (χ1) is 10.8. The number of hydrogen-bond acceptors (Lipinski definition) is 3. The zero-order valence-electron chi connectivity index (χ0n) is 12.6. The van der Waals surface area contributed by atoms with Gasteiger partial charge in [-0.15, -0.1) is 0 Å². The van der Waals surface area contributed by atoms with Crippen molar-refractivity contribution in [2.45, 2.75) is 25.4 Å². The van der Waals surface area contributed by atoms with E-state index < -0.39 is 0 Å². The summed E-state index contributed by atoms with van der Waals surface area (Å²) in [7, 11) is 0. The van der Waals surface area contributed by atoms with Crippen molar-refractivity contribution in [2.24, 2.45) is 0 Å². The second-order valence-electron chi connectivity index (χ2n) is 5.63. The normalized spacial score (nSPS) is 17.8. The van der Waals surface area contributed by atoms with Crippen molar-refractivity contribution in [3.8, 4) is 0 Å². The predicted octanol–water partition coefficient (Wildman–Crippen LogP) is 3.14. The van der Waals surface area contributed by atoms with E-state index in [-0.39, 0.29) is 12.0 Å². The summed E-state index contributed by atoms with van der Waals surface area (Å²) in [6, 6.07) is 12.1. The Morgan fingerprint density at radius 1 is 1.27 bits per heavy atom. The standard InChI is InChI=1S/C18H21NO3/c20-18(16-9-12-21-14-16)19-10-8-17(13-19)22-11-4-7-15-5-2-1-3-6-15/h1-3,5-6,9,12,14,17H,4,7-8,10-11,13H2/t17-/m0/s1. The van der Waals surface area contributed by atoms with Gasteiger partial charge in [0.25, 0.3) is 5.91 Å². The predicted molar refractivity (Wildman–Crippen MR) is 83.7 cm³/mol. The number of benzene rings is 1. The number of hydrogen-bond donors (Lipinski definition) is 0. The molecule has 2 heterocycles. The van der Waals surface area contributed by atoms with Crippen LogP contribution in [-0.2, 0) is 11.2 Å². The molecule has 0 spiro atoms. The van der Waals surface area contributed by atoms with Gasteiger partial charge in [0, 0.05) is 19.7 Å². The lowest BCUT2D eigenvalue weighted by Crippen LogP contribution is -2.30. The van der Waals surface area contributed by atoms with Crippen molar-refractivity contribution in [3.63, 3.8) is 0 Å². The average molecular weight is 299 g/mol. The molecule has 22 heavy (non-hydrogen) atoms. The van der Waals surface area contributed by atoms with Crippen LogP contribution in [0.5, 0.6) is 0 Å².